The van der Waals surface area contributed by atoms with Crippen LogP contribution in [0.2, 0.25) is 0 Å². The van der Waals surface area contributed by atoms with Gasteiger partial charge in [-0.15, -0.1) is 0 Å². The van der Waals surface area contributed by atoms with Crippen LogP contribution in [-0.2, 0) is 11.3 Å². The van der Waals surface area contributed by atoms with Crippen molar-refractivity contribution >= 4 is 11.9 Å². The van der Waals surface area contributed by atoms with Crippen LogP contribution in [0, 0.1) is 0 Å². The Labute approximate surface area is 197 Å². The molecule has 0 aliphatic rings. The number of nitrogens with two attached hydrogens (primary N) is 1. The van der Waals surface area contributed by atoms with E-state index in [0.29, 0.717) is 11.3 Å². The molecule has 2 rings (SSSR count). The minimum absolute atomic E-state index is 0.0557. The monoisotopic (exact) mass is 460 g/mol. The van der Waals surface area contributed by atoms with Crippen molar-refractivity contribution in [3.05, 3.63) is 89.4 Å². The van der Waals surface area contributed by atoms with Crippen LogP contribution in [0.5, 0.6) is 5.75 Å². The highest BCUT2D eigenvalue weighted by Gasteiger charge is 2.12. The third-order valence-electron chi connectivity index (χ3n) is 3.55. The molecule has 2 aromatic carbocycles. The topological polar surface area (TPSA) is 102 Å². The zero-order chi connectivity index (χ0) is 25.6. The van der Waals surface area contributed by atoms with Gasteiger partial charge < -0.3 is 20.9 Å². The number of carboxylic acids is 1. The van der Waals surface area contributed by atoms with E-state index in [2.05, 4.69) is 5.32 Å². The molecule has 33 heavy (non-hydrogen) atoms. The Balaban J connectivity index is 0. The summed E-state index contributed by atoms with van der Waals surface area (Å²) in [5, 5.41) is 11.5. The number of benzene rings is 2. The number of rotatable bonds is 8. The molecule has 7 heteroatoms. The predicted octanol–water partition coefficient (Wildman–Crippen LogP) is 5.85. The minimum Gasteiger partial charge on any atom is -0.489 e. The van der Waals surface area contributed by atoms with Crippen LogP contribution in [0.25, 0.3) is 0 Å². The van der Waals surface area contributed by atoms with Crippen molar-refractivity contribution in [2.75, 3.05) is 6.61 Å². The lowest BCUT2D eigenvalue weighted by atomic mass is 10.1. The number of halogens is 1. The molecule has 0 aliphatic carbocycles. The summed E-state index contributed by atoms with van der Waals surface area (Å²) in [7, 11) is 0. The van der Waals surface area contributed by atoms with Crippen LogP contribution >= 0.6 is 0 Å². The summed E-state index contributed by atoms with van der Waals surface area (Å²) in [6.07, 6.45) is 1.76. The fourth-order valence-corrected chi connectivity index (χ4v) is 2.13. The van der Waals surface area contributed by atoms with E-state index in [4.69, 9.17) is 15.6 Å². The van der Waals surface area contributed by atoms with E-state index in [9.17, 15) is 14.0 Å². The number of carboxylic acid groups (broad SMARTS) is 1. The van der Waals surface area contributed by atoms with Gasteiger partial charge in [0.1, 0.15) is 18.2 Å². The van der Waals surface area contributed by atoms with Crippen LogP contribution in [0.4, 0.5) is 4.39 Å². The van der Waals surface area contributed by atoms with Crippen molar-refractivity contribution in [1.82, 2.24) is 5.32 Å². The van der Waals surface area contributed by atoms with Crippen molar-refractivity contribution in [3.63, 3.8) is 0 Å². The van der Waals surface area contributed by atoms with E-state index >= 15 is 0 Å². The van der Waals surface area contributed by atoms with Crippen molar-refractivity contribution in [1.29, 1.82) is 0 Å². The standard InChI is InChI=1S/C20H19FN2O4.3C2H6/c21-17(11-22)10-16(13-27-18-4-2-1-3-5-18)19(24)23-12-14-6-8-15(9-7-14)20(25)26;3*1-2/h1-11H,12-13,22H2,(H,23,24)(H,25,26);3*1-2H3/b16-10+,17-11+;;;. The van der Waals surface area contributed by atoms with E-state index in [0.717, 1.165) is 12.3 Å². The Morgan fingerprint density at radius 2 is 1.52 bits per heavy atom. The number of aromatic carboxylic acids is 1. The minimum atomic E-state index is -1.03. The zero-order valence-electron chi connectivity index (χ0n) is 20.4. The Hall–Kier alpha value is -3.61. The number of carbonyl (C=O) groups excluding carboxylic acids is 1. The fourth-order valence-electron chi connectivity index (χ4n) is 2.13. The van der Waals surface area contributed by atoms with Crippen molar-refractivity contribution in [2.24, 2.45) is 5.73 Å². The number of allylic oxidation sites excluding steroid dienone is 2. The highest BCUT2D eigenvalue weighted by molar-refractivity contribution is 5.94. The lowest BCUT2D eigenvalue weighted by Crippen LogP contribution is -2.27. The van der Waals surface area contributed by atoms with Gasteiger partial charge in [-0.05, 0) is 35.9 Å². The van der Waals surface area contributed by atoms with E-state index in [-0.39, 0.29) is 24.3 Å². The number of hydrogen-bond acceptors (Lipinski definition) is 4. The highest BCUT2D eigenvalue weighted by Crippen LogP contribution is 2.12. The Bertz CT molecular complexity index is 848. The molecule has 0 aliphatic heterocycles. The molecule has 2 aromatic rings. The number of amides is 1. The van der Waals surface area contributed by atoms with Gasteiger partial charge in [0, 0.05) is 12.7 Å². The largest absolute Gasteiger partial charge is 0.489 e. The number of nitrogens with one attached hydrogen (secondary N) is 1. The summed E-state index contributed by atoms with van der Waals surface area (Å²) < 4.78 is 19.0. The molecule has 0 bridgehead atoms. The summed E-state index contributed by atoms with van der Waals surface area (Å²) in [6, 6.07) is 14.9. The smallest absolute Gasteiger partial charge is 0.335 e. The third-order valence-corrected chi connectivity index (χ3v) is 3.55. The van der Waals surface area contributed by atoms with Gasteiger partial charge in [0.05, 0.1) is 11.1 Å². The van der Waals surface area contributed by atoms with Crippen molar-refractivity contribution in [3.8, 4) is 5.75 Å². The van der Waals surface area contributed by atoms with Gasteiger partial charge in [0.15, 0.2) is 0 Å². The molecule has 0 heterocycles. The van der Waals surface area contributed by atoms with Gasteiger partial charge in [-0.2, -0.15) is 0 Å². The SMILES string of the molecule is CC.CC.CC.N/C=C(F)\C=C(/COc1ccccc1)C(=O)NCc1ccc(C(=O)O)cc1. The van der Waals surface area contributed by atoms with Gasteiger partial charge in [0.2, 0.25) is 0 Å². The van der Waals surface area contributed by atoms with Gasteiger partial charge >= 0.3 is 5.97 Å². The summed E-state index contributed by atoms with van der Waals surface area (Å²) in [4.78, 5) is 23.2. The van der Waals surface area contributed by atoms with Gasteiger partial charge in [-0.3, -0.25) is 4.79 Å². The molecular weight excluding hydrogens is 423 g/mol. The lowest BCUT2D eigenvalue weighted by Gasteiger charge is -2.11. The molecule has 1 amide bonds. The second-order valence-corrected chi connectivity index (χ2v) is 5.51. The molecule has 0 atom stereocenters. The van der Waals surface area contributed by atoms with Crippen LogP contribution in [0.15, 0.2) is 78.3 Å². The van der Waals surface area contributed by atoms with Crippen LogP contribution < -0.4 is 15.8 Å². The Morgan fingerprint density at radius 1 is 0.970 bits per heavy atom. The first-order valence-corrected chi connectivity index (χ1v) is 11.1. The molecule has 0 saturated carbocycles. The first-order chi connectivity index (χ1) is 16.0. The maximum absolute atomic E-state index is 13.5. The Kier molecular flexibility index (Phi) is 19.4. The van der Waals surface area contributed by atoms with E-state index in [1.165, 1.54) is 12.1 Å². The van der Waals surface area contributed by atoms with Gasteiger partial charge in [0.25, 0.3) is 5.91 Å². The second kappa shape index (κ2) is 20.3. The second-order valence-electron chi connectivity index (χ2n) is 5.51. The van der Waals surface area contributed by atoms with Crippen LogP contribution in [-0.4, -0.2) is 23.6 Å². The maximum Gasteiger partial charge on any atom is 0.335 e. The van der Waals surface area contributed by atoms with E-state index < -0.39 is 17.7 Å². The number of hydrogen-bond donors (Lipinski definition) is 3. The van der Waals surface area contributed by atoms with Crippen LogP contribution in [0.1, 0.15) is 57.5 Å². The first kappa shape index (κ1) is 31.6. The molecule has 0 fully saturated rings. The lowest BCUT2D eigenvalue weighted by molar-refractivity contribution is -0.118. The Morgan fingerprint density at radius 3 is 2.00 bits per heavy atom. The summed E-state index contributed by atoms with van der Waals surface area (Å²) in [5.74, 6) is -1.77. The number of ether oxygens (including phenoxy) is 1. The quantitative estimate of drug-likeness (QED) is 0.339. The van der Waals surface area contributed by atoms with Gasteiger partial charge in [-0.1, -0.05) is 71.9 Å². The number of carbonyl (C=O) groups is 2. The molecule has 182 valence electrons. The fraction of sp³-hybridized carbons (Fsp3) is 0.308. The molecule has 0 aromatic heterocycles. The van der Waals surface area contributed by atoms with Crippen molar-refractivity contribution < 1.29 is 23.8 Å². The van der Waals surface area contributed by atoms with Gasteiger partial charge in [-0.25, -0.2) is 9.18 Å². The molecule has 0 spiro atoms. The average Bonchev–Trinajstić information content (AvgIpc) is 2.89. The zero-order valence-corrected chi connectivity index (χ0v) is 20.4. The first-order valence-electron chi connectivity index (χ1n) is 11.1. The molecule has 6 nitrogen and oxygen atoms in total. The average molecular weight is 461 g/mol. The maximum atomic E-state index is 13.5. The summed E-state index contributed by atoms with van der Waals surface area (Å²) >= 11 is 0. The molecule has 4 N–H and O–H groups in total. The highest BCUT2D eigenvalue weighted by atomic mass is 19.1. The number of para-hydroxylation sites is 1. The summed E-state index contributed by atoms with van der Waals surface area (Å²) in [6.45, 7) is 12.0. The van der Waals surface area contributed by atoms with E-state index in [1.54, 1.807) is 36.4 Å². The normalized spacial score (nSPS) is 10.2. The van der Waals surface area contributed by atoms with E-state index in [1.807, 2.05) is 47.6 Å². The molecule has 0 saturated heterocycles. The molecular formula is C26H37FN2O4. The van der Waals surface area contributed by atoms with Crippen molar-refractivity contribution in [2.45, 2.75) is 48.1 Å². The predicted molar refractivity (Wildman–Crippen MR) is 133 cm³/mol. The van der Waals surface area contributed by atoms with Crippen LogP contribution in [0.3, 0.4) is 0 Å². The summed E-state index contributed by atoms with van der Waals surface area (Å²) in [5.41, 5.74) is 6.04. The molecule has 0 radical (unpaired) electrons. The molecule has 0 unspecified atom stereocenters. The third kappa shape index (κ3) is 13.4.